The van der Waals surface area contributed by atoms with Crippen LogP contribution in [0.25, 0.3) is 28.0 Å². The topological polar surface area (TPSA) is 113 Å². The Morgan fingerprint density at radius 1 is 1.00 bits per heavy atom. The smallest absolute Gasteiger partial charge is 0.319 e. The lowest BCUT2D eigenvalue weighted by Gasteiger charge is -2.17. The summed E-state index contributed by atoms with van der Waals surface area (Å²) in [7, 11) is 1.96. The van der Waals surface area contributed by atoms with Gasteiger partial charge in [-0.3, -0.25) is 4.79 Å². The largest absolute Gasteiger partial charge is 0.504 e. The first kappa shape index (κ1) is 23.2. The van der Waals surface area contributed by atoms with E-state index in [9.17, 15) is 20.1 Å². The molecule has 1 unspecified atom stereocenters. The number of aromatic hydroxyl groups is 3. The maximum absolute atomic E-state index is 11.8. The summed E-state index contributed by atoms with van der Waals surface area (Å²) >= 11 is 0. The Kier molecular flexibility index (Phi) is 5.72. The summed E-state index contributed by atoms with van der Waals surface area (Å²) in [4.78, 5) is 11.8. The highest BCUT2D eigenvalue weighted by Gasteiger charge is 2.21. The number of nitrogens with zero attached hydrogens (tertiary/aromatic N) is 4. The van der Waals surface area contributed by atoms with Crippen molar-refractivity contribution in [3.63, 3.8) is 0 Å². The number of phenolic OH excluding ortho intramolecular Hbond substituents is 2. The van der Waals surface area contributed by atoms with E-state index in [1.807, 2.05) is 67.2 Å². The van der Waals surface area contributed by atoms with Crippen molar-refractivity contribution in [1.29, 1.82) is 0 Å². The van der Waals surface area contributed by atoms with Crippen molar-refractivity contribution in [2.24, 2.45) is 7.05 Å². The molecule has 2 heterocycles. The molecule has 0 spiro atoms. The summed E-state index contributed by atoms with van der Waals surface area (Å²) in [5.74, 6) is -0.386. The maximum atomic E-state index is 11.8. The van der Waals surface area contributed by atoms with E-state index in [0.29, 0.717) is 34.6 Å². The van der Waals surface area contributed by atoms with Crippen LogP contribution in [0, 0.1) is 0 Å². The number of benzene rings is 3. The average Bonchev–Trinajstić information content (AvgIpc) is 3.42. The summed E-state index contributed by atoms with van der Waals surface area (Å²) in [6, 6.07) is 18.0. The van der Waals surface area contributed by atoms with Crippen LogP contribution in [0.2, 0.25) is 0 Å². The number of aromatic nitrogens is 4. The van der Waals surface area contributed by atoms with Crippen LogP contribution in [0.4, 0.5) is 0 Å². The zero-order valence-electron chi connectivity index (χ0n) is 20.2. The second kappa shape index (κ2) is 8.88. The van der Waals surface area contributed by atoms with Crippen molar-refractivity contribution in [1.82, 2.24) is 19.3 Å². The summed E-state index contributed by atoms with van der Waals surface area (Å²) < 4.78 is 3.51. The van der Waals surface area contributed by atoms with Crippen LogP contribution in [0.1, 0.15) is 41.3 Å². The first-order valence-corrected chi connectivity index (χ1v) is 11.6. The van der Waals surface area contributed by atoms with Gasteiger partial charge in [0.25, 0.3) is 0 Å². The predicted molar refractivity (Wildman–Crippen MR) is 137 cm³/mol. The molecule has 0 radical (unpaired) electrons. The van der Waals surface area contributed by atoms with Crippen molar-refractivity contribution in [3.05, 3.63) is 83.6 Å². The van der Waals surface area contributed by atoms with Crippen LogP contribution in [0.3, 0.4) is 0 Å². The highest BCUT2D eigenvalue weighted by Crippen LogP contribution is 2.40. The van der Waals surface area contributed by atoms with E-state index >= 15 is 0 Å². The van der Waals surface area contributed by atoms with Gasteiger partial charge in [0.1, 0.15) is 0 Å². The van der Waals surface area contributed by atoms with Gasteiger partial charge in [-0.15, -0.1) is 5.10 Å². The third-order valence-corrected chi connectivity index (χ3v) is 6.56. The molecule has 8 heteroatoms. The number of fused-ring (bicyclic) bond motifs is 1. The van der Waals surface area contributed by atoms with Crippen LogP contribution in [-0.2, 0) is 13.5 Å². The average molecular weight is 483 g/mol. The highest BCUT2D eigenvalue weighted by atomic mass is 16.3. The minimum atomic E-state index is -0.292. The molecule has 0 saturated carbocycles. The predicted octanol–water partition coefficient (Wildman–Crippen LogP) is 5.09. The zero-order valence-corrected chi connectivity index (χ0v) is 20.2. The quantitative estimate of drug-likeness (QED) is 0.229. The summed E-state index contributed by atoms with van der Waals surface area (Å²) in [6.45, 7) is 3.46. The van der Waals surface area contributed by atoms with Gasteiger partial charge >= 0.3 is 6.01 Å². The molecule has 0 amide bonds. The number of ketones is 1. The van der Waals surface area contributed by atoms with Crippen molar-refractivity contribution >= 4 is 16.7 Å². The molecule has 5 rings (SSSR count). The molecule has 0 aliphatic carbocycles. The number of carbonyl (C=O) groups excluding carboxylic acids is 1. The standard InChI is InChI=1S/C28H26N4O4/c1-16(11-18-5-4-6-19(12-18)17(2)33)23-14-21(15-25(34)26(23)35)27-29-30-28(36)32(27)22-7-8-24-20(13-22)9-10-31(24)3/h4-10,12-16,34-35H,11H2,1-3H3,(H,30,36). The molecule has 3 N–H and O–H groups in total. The molecule has 0 aliphatic heterocycles. The zero-order chi connectivity index (χ0) is 25.6. The van der Waals surface area contributed by atoms with Gasteiger partial charge in [0, 0.05) is 40.8 Å². The molecule has 2 aromatic heterocycles. The fourth-order valence-corrected chi connectivity index (χ4v) is 4.64. The van der Waals surface area contributed by atoms with E-state index in [1.165, 1.54) is 17.6 Å². The van der Waals surface area contributed by atoms with Gasteiger partial charge in [0.15, 0.2) is 23.1 Å². The van der Waals surface area contributed by atoms with E-state index in [0.717, 1.165) is 16.5 Å². The minimum absolute atomic E-state index is 0.0140. The van der Waals surface area contributed by atoms with Crippen LogP contribution in [-0.4, -0.2) is 40.4 Å². The summed E-state index contributed by atoms with van der Waals surface area (Å²) in [6.07, 6.45) is 2.50. The number of Topliss-reactive ketones (excluding diaryl/α,β-unsaturated/α-hetero) is 1. The number of carbonyl (C=O) groups is 1. The van der Waals surface area contributed by atoms with Crippen LogP contribution in [0.5, 0.6) is 17.5 Å². The molecule has 0 bridgehead atoms. The second-order valence-corrected chi connectivity index (χ2v) is 9.12. The molecule has 0 aliphatic rings. The second-order valence-electron chi connectivity index (χ2n) is 9.12. The fraction of sp³-hybridized carbons (Fsp3) is 0.179. The summed E-state index contributed by atoms with van der Waals surface area (Å²) in [5.41, 5.74) is 4.28. The number of aryl methyl sites for hydroxylation is 1. The normalized spacial score (nSPS) is 12.2. The van der Waals surface area contributed by atoms with Gasteiger partial charge in [-0.2, -0.15) is 0 Å². The molecule has 182 valence electrons. The van der Waals surface area contributed by atoms with E-state index in [-0.39, 0.29) is 29.2 Å². The van der Waals surface area contributed by atoms with Gasteiger partial charge in [-0.25, -0.2) is 4.57 Å². The molecule has 36 heavy (non-hydrogen) atoms. The summed E-state index contributed by atoms with van der Waals surface area (Å²) in [5, 5.41) is 40.8. The SMILES string of the molecule is CC(=O)c1cccc(CC(C)c2cc(-c3nnc(O)n3-c3ccc4c(ccn4C)c3)cc(O)c2O)c1. The lowest BCUT2D eigenvalue weighted by Crippen LogP contribution is -2.03. The van der Waals surface area contributed by atoms with Gasteiger partial charge in [0.05, 0.1) is 5.69 Å². The lowest BCUT2D eigenvalue weighted by atomic mass is 9.90. The third kappa shape index (κ3) is 4.07. The molecule has 1 atom stereocenters. The van der Waals surface area contributed by atoms with Crippen molar-refractivity contribution in [3.8, 4) is 34.6 Å². The molecule has 8 nitrogen and oxygen atoms in total. The number of hydrogen-bond acceptors (Lipinski definition) is 6. The van der Waals surface area contributed by atoms with E-state index in [1.54, 1.807) is 12.1 Å². The molecular weight excluding hydrogens is 456 g/mol. The first-order chi connectivity index (χ1) is 17.2. The van der Waals surface area contributed by atoms with Crippen LogP contribution < -0.4 is 0 Å². The van der Waals surface area contributed by atoms with Crippen molar-refractivity contribution in [2.75, 3.05) is 0 Å². The minimum Gasteiger partial charge on any atom is -0.504 e. The number of rotatable bonds is 6. The molecular formula is C28H26N4O4. The first-order valence-electron chi connectivity index (χ1n) is 11.6. The monoisotopic (exact) mass is 482 g/mol. The Morgan fingerprint density at radius 3 is 2.58 bits per heavy atom. The van der Waals surface area contributed by atoms with Crippen LogP contribution >= 0.6 is 0 Å². The van der Waals surface area contributed by atoms with Gasteiger partial charge < -0.3 is 19.9 Å². The Labute approximate surface area is 207 Å². The van der Waals surface area contributed by atoms with Crippen molar-refractivity contribution in [2.45, 2.75) is 26.2 Å². The highest BCUT2D eigenvalue weighted by molar-refractivity contribution is 5.94. The van der Waals surface area contributed by atoms with E-state index in [2.05, 4.69) is 10.2 Å². The van der Waals surface area contributed by atoms with Crippen molar-refractivity contribution < 1.29 is 20.1 Å². The van der Waals surface area contributed by atoms with Crippen LogP contribution in [0.15, 0.2) is 66.9 Å². The fourth-order valence-electron chi connectivity index (χ4n) is 4.64. The maximum Gasteiger partial charge on any atom is 0.319 e. The number of hydrogen-bond donors (Lipinski definition) is 3. The molecule has 0 fully saturated rings. The Bertz CT molecular complexity index is 1620. The third-order valence-electron chi connectivity index (χ3n) is 6.56. The van der Waals surface area contributed by atoms with E-state index < -0.39 is 0 Å². The Balaban J connectivity index is 1.55. The Hall–Kier alpha value is -4.59. The van der Waals surface area contributed by atoms with Gasteiger partial charge in [-0.05, 0) is 67.3 Å². The number of phenols is 2. The molecule has 3 aromatic carbocycles. The van der Waals surface area contributed by atoms with Gasteiger partial charge in [0.2, 0.25) is 0 Å². The molecule has 5 aromatic rings. The molecule has 0 saturated heterocycles. The lowest BCUT2D eigenvalue weighted by molar-refractivity contribution is 0.101. The van der Waals surface area contributed by atoms with Gasteiger partial charge in [-0.1, -0.05) is 30.2 Å². The van der Waals surface area contributed by atoms with E-state index in [4.69, 9.17) is 0 Å². The Morgan fingerprint density at radius 2 is 1.81 bits per heavy atom.